The Labute approximate surface area is 200 Å². The van der Waals surface area contributed by atoms with Crippen LogP contribution in [0.1, 0.15) is 20.1 Å². The third-order valence-corrected chi connectivity index (χ3v) is 8.93. The van der Waals surface area contributed by atoms with Gasteiger partial charge in [-0.05, 0) is 53.8 Å². The van der Waals surface area contributed by atoms with Crippen molar-refractivity contribution in [3.8, 4) is 11.1 Å². The number of benzene rings is 2. The minimum Gasteiger partial charge on any atom is -0.346 e. The highest BCUT2D eigenvalue weighted by Gasteiger charge is 2.32. The lowest BCUT2D eigenvalue weighted by molar-refractivity contribution is 0.0952. The molecule has 1 amide bonds. The van der Waals surface area contributed by atoms with Crippen molar-refractivity contribution in [3.63, 3.8) is 0 Å². The van der Waals surface area contributed by atoms with E-state index in [-0.39, 0.29) is 16.3 Å². The molecule has 0 saturated carbocycles. The van der Waals surface area contributed by atoms with E-state index in [1.807, 2.05) is 30.5 Å². The predicted molar refractivity (Wildman–Crippen MR) is 132 cm³/mol. The molecule has 4 rings (SSSR count). The Hall–Kier alpha value is -3.01. The molecule has 0 spiro atoms. The first-order valence-electron chi connectivity index (χ1n) is 10.0. The van der Waals surface area contributed by atoms with Crippen molar-refractivity contribution in [1.82, 2.24) is 5.32 Å². The van der Waals surface area contributed by atoms with Gasteiger partial charge >= 0.3 is 0 Å². The quantitative estimate of drug-likeness (QED) is 0.355. The van der Waals surface area contributed by atoms with Crippen molar-refractivity contribution < 1.29 is 17.6 Å². The average molecular weight is 501 g/mol. The number of halogens is 1. The maximum absolute atomic E-state index is 14.0. The van der Waals surface area contributed by atoms with E-state index in [4.69, 9.17) is 0 Å². The van der Waals surface area contributed by atoms with Crippen LogP contribution in [0.5, 0.6) is 0 Å². The normalized spacial score (nSPS) is 11.4. The summed E-state index contributed by atoms with van der Waals surface area (Å²) in [4.78, 5) is 14.0. The number of hydrogen-bond donors (Lipinski definition) is 1. The first-order chi connectivity index (χ1) is 15.8. The minimum absolute atomic E-state index is 0.0605. The van der Waals surface area contributed by atoms with Crippen molar-refractivity contribution in [2.24, 2.45) is 0 Å². The Balaban J connectivity index is 1.81. The molecule has 1 N–H and O–H groups in total. The number of thiophene rings is 2. The average Bonchev–Trinajstić information content (AvgIpc) is 3.47. The molecule has 5 nitrogen and oxygen atoms in total. The summed E-state index contributed by atoms with van der Waals surface area (Å²) in [7, 11) is -2.69. The molecule has 170 valence electrons. The fraction of sp³-hybridized carbons (Fsp3) is 0.125. The number of carbonyl (C=O) groups is 1. The maximum atomic E-state index is 14.0. The fourth-order valence-corrected chi connectivity index (χ4v) is 6.89. The summed E-state index contributed by atoms with van der Waals surface area (Å²) < 4.78 is 42.7. The molecule has 0 saturated heterocycles. The zero-order valence-corrected chi connectivity index (χ0v) is 20.4. The lowest BCUT2D eigenvalue weighted by atomic mass is 10.1. The largest absolute Gasteiger partial charge is 0.346 e. The Morgan fingerprint density at radius 1 is 1.06 bits per heavy atom. The highest BCUT2D eigenvalue weighted by atomic mass is 32.2. The van der Waals surface area contributed by atoms with Crippen LogP contribution in [0.15, 0.2) is 76.3 Å². The molecule has 33 heavy (non-hydrogen) atoms. The molecule has 9 heteroatoms. The van der Waals surface area contributed by atoms with Crippen molar-refractivity contribution >= 4 is 44.3 Å². The van der Waals surface area contributed by atoms with Crippen LogP contribution in [-0.4, -0.2) is 21.4 Å². The number of nitrogens with zero attached hydrogens (tertiary/aromatic N) is 1. The Morgan fingerprint density at radius 3 is 2.55 bits per heavy atom. The van der Waals surface area contributed by atoms with Gasteiger partial charge < -0.3 is 5.32 Å². The number of anilines is 1. The second-order valence-electron chi connectivity index (χ2n) is 7.39. The fourth-order valence-electron chi connectivity index (χ4n) is 3.38. The number of hydrogen-bond acceptors (Lipinski definition) is 5. The summed E-state index contributed by atoms with van der Waals surface area (Å²) in [5.74, 6) is -0.981. The van der Waals surface area contributed by atoms with E-state index in [2.05, 4.69) is 5.32 Å². The zero-order chi connectivity index (χ0) is 23.6. The van der Waals surface area contributed by atoms with Crippen LogP contribution in [0.2, 0.25) is 0 Å². The highest BCUT2D eigenvalue weighted by molar-refractivity contribution is 7.93. The van der Waals surface area contributed by atoms with E-state index >= 15 is 0 Å². The Morgan fingerprint density at radius 2 is 1.85 bits per heavy atom. The van der Waals surface area contributed by atoms with E-state index in [0.717, 1.165) is 26.1 Å². The summed E-state index contributed by atoms with van der Waals surface area (Å²) in [6.07, 6.45) is 0. The van der Waals surface area contributed by atoms with Crippen molar-refractivity contribution in [2.45, 2.75) is 18.4 Å². The van der Waals surface area contributed by atoms with Crippen LogP contribution < -0.4 is 9.62 Å². The number of nitrogens with one attached hydrogen (secondary N) is 1. The van der Waals surface area contributed by atoms with Gasteiger partial charge in [-0.3, -0.25) is 9.10 Å². The standard InChI is InChI=1S/C24H21FN2O3S3/c1-16-6-3-9-19(12-16)27(2)33(29,30)23-21(17-7-4-8-18(25)13-17)15-32-22(23)24(28)26-14-20-10-5-11-31-20/h3-13,15H,14H2,1-2H3,(H,26,28). The summed E-state index contributed by atoms with van der Waals surface area (Å²) in [6, 6.07) is 16.6. The molecule has 2 heterocycles. The predicted octanol–water partition coefficient (Wildman–Crippen LogP) is 5.68. The monoisotopic (exact) mass is 500 g/mol. The van der Waals surface area contributed by atoms with E-state index < -0.39 is 21.7 Å². The molecule has 0 aliphatic rings. The van der Waals surface area contributed by atoms with Crippen molar-refractivity contribution in [3.05, 3.63) is 92.6 Å². The van der Waals surface area contributed by atoms with Gasteiger partial charge in [0.1, 0.15) is 15.6 Å². The van der Waals surface area contributed by atoms with Gasteiger partial charge in [0, 0.05) is 22.9 Å². The van der Waals surface area contributed by atoms with Crippen LogP contribution in [-0.2, 0) is 16.6 Å². The topological polar surface area (TPSA) is 66.5 Å². The van der Waals surface area contributed by atoms with E-state index in [0.29, 0.717) is 16.8 Å². The van der Waals surface area contributed by atoms with Gasteiger partial charge in [-0.15, -0.1) is 22.7 Å². The van der Waals surface area contributed by atoms with Crippen LogP contribution in [0.25, 0.3) is 11.1 Å². The number of rotatable bonds is 7. The summed E-state index contributed by atoms with van der Waals surface area (Å²) in [6.45, 7) is 2.16. The number of carbonyl (C=O) groups excluding carboxylic acids is 1. The Kier molecular flexibility index (Phi) is 6.64. The van der Waals surface area contributed by atoms with Crippen LogP contribution in [0.4, 0.5) is 10.1 Å². The number of aryl methyl sites for hydroxylation is 1. The minimum atomic E-state index is -4.14. The van der Waals surface area contributed by atoms with Gasteiger partial charge in [0.25, 0.3) is 15.9 Å². The second kappa shape index (κ2) is 9.46. The van der Waals surface area contributed by atoms with E-state index in [9.17, 15) is 17.6 Å². The van der Waals surface area contributed by atoms with Gasteiger partial charge in [0.2, 0.25) is 0 Å². The van der Waals surface area contributed by atoms with E-state index in [1.54, 1.807) is 29.6 Å². The summed E-state index contributed by atoms with van der Waals surface area (Å²) in [5.41, 5.74) is 2.05. The smallest absolute Gasteiger partial charge is 0.266 e. The molecular formula is C24H21FN2O3S3. The van der Waals surface area contributed by atoms with Crippen LogP contribution in [0.3, 0.4) is 0 Å². The molecule has 0 aliphatic carbocycles. The highest BCUT2D eigenvalue weighted by Crippen LogP contribution is 2.38. The molecule has 0 fully saturated rings. The molecule has 0 radical (unpaired) electrons. The van der Waals surface area contributed by atoms with Crippen molar-refractivity contribution in [1.29, 1.82) is 0 Å². The van der Waals surface area contributed by atoms with Gasteiger partial charge in [-0.25, -0.2) is 12.8 Å². The first-order valence-corrected chi connectivity index (χ1v) is 13.2. The van der Waals surface area contributed by atoms with Gasteiger partial charge in [0.15, 0.2) is 0 Å². The lowest BCUT2D eigenvalue weighted by Crippen LogP contribution is -2.30. The van der Waals surface area contributed by atoms with Crippen LogP contribution in [0, 0.1) is 12.7 Å². The summed E-state index contributed by atoms with van der Waals surface area (Å²) in [5, 5.41) is 6.30. The van der Waals surface area contributed by atoms with Gasteiger partial charge in [-0.2, -0.15) is 0 Å². The van der Waals surface area contributed by atoms with Crippen molar-refractivity contribution in [2.75, 3.05) is 11.4 Å². The summed E-state index contributed by atoms with van der Waals surface area (Å²) >= 11 is 2.53. The van der Waals surface area contributed by atoms with Gasteiger partial charge in [0.05, 0.1) is 12.2 Å². The SMILES string of the molecule is Cc1cccc(N(C)S(=O)(=O)c2c(-c3cccc(F)c3)csc2C(=O)NCc2cccs2)c1. The molecular weight excluding hydrogens is 479 g/mol. The third-order valence-electron chi connectivity index (χ3n) is 5.07. The molecule has 2 aromatic heterocycles. The zero-order valence-electron chi connectivity index (χ0n) is 17.9. The number of sulfonamides is 1. The molecule has 0 unspecified atom stereocenters. The molecule has 0 atom stereocenters. The van der Waals surface area contributed by atoms with Gasteiger partial charge in [-0.1, -0.05) is 30.3 Å². The van der Waals surface area contributed by atoms with Crippen LogP contribution >= 0.6 is 22.7 Å². The Bertz CT molecular complexity index is 1400. The molecule has 4 aromatic rings. The molecule has 0 bridgehead atoms. The maximum Gasteiger partial charge on any atom is 0.266 e. The van der Waals surface area contributed by atoms with E-state index in [1.165, 1.54) is 36.6 Å². The molecule has 0 aliphatic heterocycles. The first kappa shape index (κ1) is 23.2. The molecule has 2 aromatic carbocycles. The number of amides is 1. The third kappa shape index (κ3) is 4.85. The lowest BCUT2D eigenvalue weighted by Gasteiger charge is -2.21. The second-order valence-corrected chi connectivity index (χ2v) is 11.2.